The molecule has 0 unspecified atom stereocenters. The van der Waals surface area contributed by atoms with Crippen LogP contribution in [0.3, 0.4) is 0 Å². The van der Waals surface area contributed by atoms with Crippen molar-refractivity contribution in [1.29, 1.82) is 0 Å². The van der Waals surface area contributed by atoms with Crippen molar-refractivity contribution in [2.75, 3.05) is 37.4 Å². The summed E-state index contributed by atoms with van der Waals surface area (Å²) in [5.41, 5.74) is 2.27. The fourth-order valence-corrected chi connectivity index (χ4v) is 4.30. The maximum atomic E-state index is 5.38. The lowest BCUT2D eigenvalue weighted by molar-refractivity contribution is 0.327. The Morgan fingerprint density at radius 1 is 1.10 bits per heavy atom. The van der Waals surface area contributed by atoms with E-state index in [9.17, 15) is 0 Å². The zero-order chi connectivity index (χ0) is 21.6. The first-order valence-corrected chi connectivity index (χ1v) is 11.2. The van der Waals surface area contributed by atoms with Gasteiger partial charge in [0.2, 0.25) is 5.95 Å². The van der Waals surface area contributed by atoms with Gasteiger partial charge in [-0.25, -0.2) is 4.98 Å². The fraction of sp³-hybridized carbons (Fsp3) is 0.440. The molecule has 6 heteroatoms. The maximum Gasteiger partial charge on any atom is 0.225 e. The molecule has 164 valence electrons. The van der Waals surface area contributed by atoms with Gasteiger partial charge >= 0.3 is 0 Å². The van der Waals surface area contributed by atoms with Gasteiger partial charge in [-0.3, -0.25) is 0 Å². The van der Waals surface area contributed by atoms with Gasteiger partial charge in [0.05, 0.1) is 11.8 Å². The molecule has 4 rings (SSSR count). The van der Waals surface area contributed by atoms with E-state index in [4.69, 9.17) is 14.4 Å². The van der Waals surface area contributed by atoms with Crippen molar-refractivity contribution in [1.82, 2.24) is 15.3 Å². The smallest absolute Gasteiger partial charge is 0.225 e. The molecule has 2 heterocycles. The standard InChI is InChI=1S/C25H33N5O/c1-18(15-21-7-6-14-31-21)16-26-17-19-10-12-20(13-11-19)27-25-28-23-9-5-4-8-22(23)24(29-25)30(2)3/h4-9,14-15,19-20,26H,10-13,16-17H2,1-3H3,(H,27,28,29)/b18-15+. The van der Waals surface area contributed by atoms with Crippen molar-refractivity contribution < 1.29 is 4.42 Å². The van der Waals surface area contributed by atoms with Crippen LogP contribution >= 0.6 is 0 Å². The number of fused-ring (bicyclic) bond motifs is 1. The van der Waals surface area contributed by atoms with Crippen molar-refractivity contribution in [3.05, 3.63) is 54.0 Å². The highest BCUT2D eigenvalue weighted by Gasteiger charge is 2.22. The minimum Gasteiger partial charge on any atom is -0.465 e. The lowest BCUT2D eigenvalue weighted by atomic mass is 9.86. The third-order valence-electron chi connectivity index (χ3n) is 5.96. The Morgan fingerprint density at radius 3 is 2.65 bits per heavy atom. The summed E-state index contributed by atoms with van der Waals surface area (Å²) in [5, 5.41) is 8.30. The molecule has 1 aliphatic rings. The highest BCUT2D eigenvalue weighted by molar-refractivity contribution is 5.90. The van der Waals surface area contributed by atoms with Gasteiger partial charge in [0.15, 0.2) is 0 Å². The Labute approximate surface area is 184 Å². The Kier molecular flexibility index (Phi) is 6.87. The number of furan rings is 1. The molecule has 0 bridgehead atoms. The van der Waals surface area contributed by atoms with Gasteiger partial charge in [-0.05, 0) is 75.4 Å². The topological polar surface area (TPSA) is 66.2 Å². The van der Waals surface area contributed by atoms with E-state index in [-0.39, 0.29) is 0 Å². The van der Waals surface area contributed by atoms with Gasteiger partial charge in [0.25, 0.3) is 0 Å². The van der Waals surface area contributed by atoms with Gasteiger partial charge in [-0.1, -0.05) is 17.7 Å². The SMILES string of the molecule is C/C(=C\c1ccco1)CNCC1CCC(Nc2nc(N(C)C)c3ccccc3n2)CC1. The van der Waals surface area contributed by atoms with Crippen molar-refractivity contribution in [3.63, 3.8) is 0 Å². The fourth-order valence-electron chi connectivity index (χ4n) is 4.30. The molecule has 2 aromatic heterocycles. The first kappa shape index (κ1) is 21.4. The van der Waals surface area contributed by atoms with E-state index in [1.54, 1.807) is 6.26 Å². The molecule has 2 N–H and O–H groups in total. The monoisotopic (exact) mass is 419 g/mol. The Morgan fingerprint density at radius 2 is 1.90 bits per heavy atom. The second-order valence-electron chi connectivity index (χ2n) is 8.78. The highest BCUT2D eigenvalue weighted by atomic mass is 16.3. The number of rotatable bonds is 8. The summed E-state index contributed by atoms with van der Waals surface area (Å²) in [5.74, 6) is 3.34. The zero-order valence-electron chi connectivity index (χ0n) is 18.8. The summed E-state index contributed by atoms with van der Waals surface area (Å²) in [6.07, 6.45) is 8.56. The number of hydrogen-bond acceptors (Lipinski definition) is 6. The van der Waals surface area contributed by atoms with Crippen LogP contribution in [-0.2, 0) is 0 Å². The molecular formula is C25H33N5O. The summed E-state index contributed by atoms with van der Waals surface area (Å²) >= 11 is 0. The number of nitrogens with zero attached hydrogens (tertiary/aromatic N) is 3. The predicted molar refractivity (Wildman–Crippen MR) is 128 cm³/mol. The highest BCUT2D eigenvalue weighted by Crippen LogP contribution is 2.28. The number of para-hydroxylation sites is 1. The van der Waals surface area contributed by atoms with Crippen LogP contribution in [0.4, 0.5) is 11.8 Å². The van der Waals surface area contributed by atoms with Crippen LogP contribution in [0.2, 0.25) is 0 Å². The molecule has 1 fully saturated rings. The maximum absolute atomic E-state index is 5.38. The van der Waals surface area contributed by atoms with E-state index in [0.717, 1.165) is 60.3 Å². The third kappa shape index (κ3) is 5.64. The molecule has 0 saturated heterocycles. The number of nitrogens with one attached hydrogen (secondary N) is 2. The van der Waals surface area contributed by atoms with Crippen LogP contribution in [0.25, 0.3) is 17.0 Å². The first-order chi connectivity index (χ1) is 15.1. The van der Waals surface area contributed by atoms with Crippen molar-refractivity contribution >= 4 is 28.7 Å². The van der Waals surface area contributed by atoms with E-state index in [1.165, 1.54) is 18.4 Å². The van der Waals surface area contributed by atoms with Gasteiger partial charge < -0.3 is 20.0 Å². The van der Waals surface area contributed by atoms with Crippen molar-refractivity contribution in [2.45, 2.75) is 38.6 Å². The minimum atomic E-state index is 0.438. The molecule has 6 nitrogen and oxygen atoms in total. The second-order valence-corrected chi connectivity index (χ2v) is 8.78. The first-order valence-electron chi connectivity index (χ1n) is 11.2. The molecular weight excluding hydrogens is 386 g/mol. The molecule has 1 saturated carbocycles. The normalized spacial score (nSPS) is 19.5. The Bertz CT molecular complexity index is 1000. The van der Waals surface area contributed by atoms with Gasteiger partial charge in [0.1, 0.15) is 11.6 Å². The quantitative estimate of drug-likeness (QED) is 0.538. The number of aromatic nitrogens is 2. The van der Waals surface area contributed by atoms with Crippen molar-refractivity contribution in [2.24, 2.45) is 5.92 Å². The number of hydrogen-bond donors (Lipinski definition) is 2. The molecule has 0 amide bonds. The Balaban J connectivity index is 1.27. The van der Waals surface area contributed by atoms with Crippen molar-refractivity contribution in [3.8, 4) is 0 Å². The van der Waals surface area contributed by atoms with Gasteiger partial charge in [-0.2, -0.15) is 4.98 Å². The summed E-state index contributed by atoms with van der Waals surface area (Å²) in [6, 6.07) is 12.5. The largest absolute Gasteiger partial charge is 0.465 e. The van der Waals surface area contributed by atoms with E-state index >= 15 is 0 Å². The van der Waals surface area contributed by atoms with Crippen LogP contribution in [0, 0.1) is 5.92 Å². The van der Waals surface area contributed by atoms with Crippen LogP contribution in [0.15, 0.2) is 52.7 Å². The van der Waals surface area contributed by atoms with E-state index < -0.39 is 0 Å². The van der Waals surface area contributed by atoms with Gasteiger partial charge in [0, 0.05) is 32.1 Å². The summed E-state index contributed by atoms with van der Waals surface area (Å²) in [7, 11) is 4.06. The second kappa shape index (κ2) is 9.96. The molecule has 0 spiro atoms. The lowest BCUT2D eigenvalue weighted by Crippen LogP contribution is -2.32. The summed E-state index contributed by atoms with van der Waals surface area (Å²) in [4.78, 5) is 11.6. The molecule has 0 radical (unpaired) electrons. The van der Waals surface area contributed by atoms with E-state index in [0.29, 0.717) is 6.04 Å². The zero-order valence-corrected chi connectivity index (χ0v) is 18.8. The van der Waals surface area contributed by atoms with E-state index in [2.05, 4.69) is 40.7 Å². The van der Waals surface area contributed by atoms with E-state index in [1.807, 2.05) is 38.4 Å². The van der Waals surface area contributed by atoms with Gasteiger partial charge in [-0.15, -0.1) is 0 Å². The molecule has 31 heavy (non-hydrogen) atoms. The molecule has 3 aromatic rings. The molecule has 0 aliphatic heterocycles. The summed E-state index contributed by atoms with van der Waals surface area (Å²) in [6.45, 7) is 4.10. The van der Waals surface area contributed by atoms with Crippen LogP contribution in [-0.4, -0.2) is 43.2 Å². The third-order valence-corrected chi connectivity index (χ3v) is 5.96. The lowest BCUT2D eigenvalue weighted by Gasteiger charge is -2.29. The van der Waals surface area contributed by atoms with Crippen LogP contribution in [0.5, 0.6) is 0 Å². The minimum absolute atomic E-state index is 0.438. The molecule has 1 aromatic carbocycles. The number of anilines is 2. The average molecular weight is 420 g/mol. The van der Waals surface area contributed by atoms with Crippen LogP contribution < -0.4 is 15.5 Å². The van der Waals surface area contributed by atoms with Crippen LogP contribution in [0.1, 0.15) is 38.4 Å². The average Bonchev–Trinajstić information content (AvgIpc) is 3.27. The Hall–Kier alpha value is -2.86. The predicted octanol–water partition coefficient (Wildman–Crippen LogP) is 4.95. The molecule has 0 atom stereocenters. The molecule has 1 aliphatic carbocycles. The number of benzene rings is 1. The summed E-state index contributed by atoms with van der Waals surface area (Å²) < 4.78 is 5.38.